The summed E-state index contributed by atoms with van der Waals surface area (Å²) in [6.07, 6.45) is 1.95. The smallest absolute Gasteiger partial charge is 0.0571 e. The number of aromatic nitrogens is 1. The highest BCUT2D eigenvalue weighted by molar-refractivity contribution is 5.43. The van der Waals surface area contributed by atoms with E-state index in [2.05, 4.69) is 55.2 Å². The highest BCUT2D eigenvalue weighted by Crippen LogP contribution is 2.15. The van der Waals surface area contributed by atoms with E-state index in [0.717, 1.165) is 12.2 Å². The van der Waals surface area contributed by atoms with Gasteiger partial charge in [-0.3, -0.25) is 4.98 Å². The van der Waals surface area contributed by atoms with Crippen LogP contribution in [0.2, 0.25) is 0 Å². The molecule has 0 aliphatic carbocycles. The van der Waals surface area contributed by atoms with E-state index in [1.54, 1.807) is 0 Å². The van der Waals surface area contributed by atoms with Gasteiger partial charge in [0.05, 0.1) is 17.6 Å². The summed E-state index contributed by atoms with van der Waals surface area (Å²) < 4.78 is 0. The third-order valence-corrected chi connectivity index (χ3v) is 2.73. The third kappa shape index (κ3) is 3.49. The summed E-state index contributed by atoms with van der Waals surface area (Å²) in [6.45, 7) is 7.62. The molecule has 0 amide bonds. The van der Waals surface area contributed by atoms with E-state index in [-0.39, 0.29) is 0 Å². The van der Waals surface area contributed by atoms with Crippen molar-refractivity contribution >= 4 is 5.69 Å². The molecule has 1 atom stereocenters. The molecule has 1 rings (SSSR count). The van der Waals surface area contributed by atoms with Crippen LogP contribution in [0.25, 0.3) is 0 Å². The monoisotopic (exact) mass is 221 g/mol. The first-order chi connectivity index (χ1) is 7.54. The van der Waals surface area contributed by atoms with E-state index in [1.165, 1.54) is 5.69 Å². The van der Waals surface area contributed by atoms with Crippen LogP contribution >= 0.6 is 0 Å². The predicted octanol–water partition coefficient (Wildman–Crippen LogP) is 2.45. The molecule has 1 unspecified atom stereocenters. The highest BCUT2D eigenvalue weighted by atomic mass is 15.1. The van der Waals surface area contributed by atoms with E-state index in [9.17, 15) is 0 Å². The molecule has 1 aromatic rings. The van der Waals surface area contributed by atoms with Crippen molar-refractivity contribution in [3.05, 3.63) is 24.0 Å². The lowest BCUT2D eigenvalue weighted by atomic mass is 10.2. The van der Waals surface area contributed by atoms with E-state index < -0.39 is 0 Å². The van der Waals surface area contributed by atoms with E-state index in [1.807, 2.05) is 13.2 Å². The van der Waals surface area contributed by atoms with Gasteiger partial charge in [0.2, 0.25) is 0 Å². The highest BCUT2D eigenvalue weighted by Gasteiger charge is 2.06. The Morgan fingerprint density at radius 2 is 2.00 bits per heavy atom. The summed E-state index contributed by atoms with van der Waals surface area (Å²) in [5.74, 6) is 0.668. The first kappa shape index (κ1) is 13.0. The minimum atomic E-state index is 0.310. The van der Waals surface area contributed by atoms with Gasteiger partial charge in [-0.2, -0.15) is 0 Å². The van der Waals surface area contributed by atoms with Gasteiger partial charge in [0.25, 0.3) is 0 Å². The summed E-state index contributed by atoms with van der Waals surface area (Å²) >= 11 is 0. The zero-order chi connectivity index (χ0) is 12.1. The molecule has 0 fully saturated rings. The molecule has 16 heavy (non-hydrogen) atoms. The van der Waals surface area contributed by atoms with Crippen LogP contribution in [-0.2, 0) is 0 Å². The second-order valence-electron chi connectivity index (χ2n) is 4.73. The lowest BCUT2D eigenvalue weighted by Gasteiger charge is -2.21. The Hall–Kier alpha value is -1.09. The molecule has 3 nitrogen and oxygen atoms in total. The standard InChI is InChI=1S/C13H23N3/c1-10(2)9-16(5)12-6-7-13(15-8-12)11(3)14-4/h6-8,10-11,14H,9H2,1-5H3. The maximum absolute atomic E-state index is 4.47. The average Bonchev–Trinajstić information content (AvgIpc) is 2.27. The fourth-order valence-electron chi connectivity index (χ4n) is 1.68. The SMILES string of the molecule is CNC(C)c1ccc(N(C)CC(C)C)cn1. The number of hydrogen-bond donors (Lipinski definition) is 1. The van der Waals surface area contributed by atoms with Gasteiger partial charge in [0, 0.05) is 19.6 Å². The fourth-order valence-corrected chi connectivity index (χ4v) is 1.68. The number of rotatable bonds is 5. The van der Waals surface area contributed by atoms with Gasteiger partial charge in [-0.15, -0.1) is 0 Å². The maximum Gasteiger partial charge on any atom is 0.0571 e. The van der Waals surface area contributed by atoms with Crippen molar-refractivity contribution in [2.45, 2.75) is 26.8 Å². The molecule has 1 heterocycles. The van der Waals surface area contributed by atoms with Crippen LogP contribution in [0.3, 0.4) is 0 Å². The van der Waals surface area contributed by atoms with Crippen LogP contribution < -0.4 is 10.2 Å². The van der Waals surface area contributed by atoms with Crippen LogP contribution in [0.5, 0.6) is 0 Å². The van der Waals surface area contributed by atoms with Crippen LogP contribution in [-0.4, -0.2) is 25.6 Å². The molecule has 1 aromatic heterocycles. The molecule has 0 saturated heterocycles. The molecule has 0 saturated carbocycles. The third-order valence-electron chi connectivity index (χ3n) is 2.73. The summed E-state index contributed by atoms with van der Waals surface area (Å²) in [5, 5.41) is 3.19. The summed E-state index contributed by atoms with van der Waals surface area (Å²) in [7, 11) is 4.06. The van der Waals surface area contributed by atoms with Crippen molar-refractivity contribution < 1.29 is 0 Å². The number of anilines is 1. The first-order valence-corrected chi connectivity index (χ1v) is 5.89. The summed E-state index contributed by atoms with van der Waals surface area (Å²) in [5.41, 5.74) is 2.27. The van der Waals surface area contributed by atoms with Crippen LogP contribution in [0.4, 0.5) is 5.69 Å². The van der Waals surface area contributed by atoms with E-state index in [0.29, 0.717) is 12.0 Å². The first-order valence-electron chi connectivity index (χ1n) is 5.89. The zero-order valence-electron chi connectivity index (χ0n) is 11.0. The molecular formula is C13H23N3. The normalized spacial score (nSPS) is 12.9. The Morgan fingerprint density at radius 3 is 2.44 bits per heavy atom. The molecule has 0 bridgehead atoms. The second kappa shape index (κ2) is 5.85. The Labute approximate surface area is 98.9 Å². The van der Waals surface area contributed by atoms with Crippen LogP contribution in [0.15, 0.2) is 18.3 Å². The number of hydrogen-bond acceptors (Lipinski definition) is 3. The van der Waals surface area contributed by atoms with Gasteiger partial charge in [-0.05, 0) is 32.0 Å². The Morgan fingerprint density at radius 1 is 1.31 bits per heavy atom. The van der Waals surface area contributed by atoms with Gasteiger partial charge < -0.3 is 10.2 Å². The van der Waals surface area contributed by atoms with Crippen molar-refractivity contribution in [3.8, 4) is 0 Å². The Kier molecular flexibility index (Phi) is 4.74. The number of pyridine rings is 1. The minimum Gasteiger partial charge on any atom is -0.373 e. The molecule has 90 valence electrons. The molecule has 1 N–H and O–H groups in total. The molecule has 0 radical (unpaired) electrons. The molecule has 0 spiro atoms. The van der Waals surface area contributed by atoms with E-state index >= 15 is 0 Å². The van der Waals surface area contributed by atoms with Crippen molar-refractivity contribution in [2.75, 3.05) is 25.5 Å². The largest absolute Gasteiger partial charge is 0.373 e. The van der Waals surface area contributed by atoms with Crippen molar-refractivity contribution in [2.24, 2.45) is 5.92 Å². The van der Waals surface area contributed by atoms with Crippen LogP contribution in [0, 0.1) is 5.92 Å². The van der Waals surface area contributed by atoms with Crippen molar-refractivity contribution in [1.29, 1.82) is 0 Å². The van der Waals surface area contributed by atoms with Gasteiger partial charge in [0.15, 0.2) is 0 Å². The molecule has 3 heteroatoms. The predicted molar refractivity (Wildman–Crippen MR) is 69.8 cm³/mol. The van der Waals surface area contributed by atoms with Crippen molar-refractivity contribution in [3.63, 3.8) is 0 Å². The minimum absolute atomic E-state index is 0.310. The lowest BCUT2D eigenvalue weighted by molar-refractivity contribution is 0.627. The summed E-state index contributed by atoms with van der Waals surface area (Å²) in [6, 6.07) is 4.54. The van der Waals surface area contributed by atoms with Gasteiger partial charge >= 0.3 is 0 Å². The Balaban J connectivity index is 2.70. The molecule has 0 aliphatic rings. The number of nitrogens with zero attached hydrogens (tertiary/aromatic N) is 2. The quantitative estimate of drug-likeness (QED) is 0.828. The van der Waals surface area contributed by atoms with Gasteiger partial charge in [-0.25, -0.2) is 0 Å². The number of nitrogens with one attached hydrogen (secondary N) is 1. The molecular weight excluding hydrogens is 198 g/mol. The van der Waals surface area contributed by atoms with Crippen molar-refractivity contribution in [1.82, 2.24) is 10.3 Å². The molecule has 0 aliphatic heterocycles. The average molecular weight is 221 g/mol. The fraction of sp³-hybridized carbons (Fsp3) is 0.615. The maximum atomic E-state index is 4.47. The lowest BCUT2D eigenvalue weighted by Crippen LogP contribution is -2.23. The van der Waals surface area contributed by atoms with E-state index in [4.69, 9.17) is 0 Å². The molecule has 0 aromatic carbocycles. The van der Waals surface area contributed by atoms with Crippen LogP contribution in [0.1, 0.15) is 32.5 Å². The van der Waals surface area contributed by atoms with Gasteiger partial charge in [-0.1, -0.05) is 13.8 Å². The second-order valence-corrected chi connectivity index (χ2v) is 4.73. The van der Waals surface area contributed by atoms with Gasteiger partial charge in [0.1, 0.15) is 0 Å². The topological polar surface area (TPSA) is 28.2 Å². The summed E-state index contributed by atoms with van der Waals surface area (Å²) in [4.78, 5) is 6.72. The zero-order valence-corrected chi connectivity index (χ0v) is 11.0. The Bertz CT molecular complexity index is 305.